The van der Waals surface area contributed by atoms with E-state index < -0.39 is 0 Å². The SMILES string of the molecule is O=C(CN1C=CSCC1=O)Nc1cc(Cl)cc(Cl)c1. The molecule has 0 radical (unpaired) electrons. The molecule has 1 aromatic rings. The molecule has 7 heteroatoms. The van der Waals surface area contributed by atoms with E-state index in [9.17, 15) is 9.59 Å². The second-order valence-electron chi connectivity index (χ2n) is 3.82. The fraction of sp³-hybridized carbons (Fsp3) is 0.167. The van der Waals surface area contributed by atoms with Crippen LogP contribution in [-0.2, 0) is 9.59 Å². The molecular formula is C12H10Cl2N2O2S. The van der Waals surface area contributed by atoms with Crippen molar-refractivity contribution in [3.8, 4) is 0 Å². The lowest BCUT2D eigenvalue weighted by Gasteiger charge is -2.20. The molecule has 0 saturated heterocycles. The van der Waals surface area contributed by atoms with Gasteiger partial charge in [0, 0.05) is 21.9 Å². The lowest BCUT2D eigenvalue weighted by molar-refractivity contribution is -0.129. The third-order valence-corrected chi connectivity index (χ3v) is 3.49. The summed E-state index contributed by atoms with van der Waals surface area (Å²) in [6, 6.07) is 4.76. The fourth-order valence-electron chi connectivity index (χ4n) is 1.52. The first-order valence-corrected chi connectivity index (χ1v) is 7.19. The highest BCUT2D eigenvalue weighted by Gasteiger charge is 2.17. The summed E-state index contributed by atoms with van der Waals surface area (Å²) in [6.07, 6.45) is 1.60. The number of rotatable bonds is 3. The van der Waals surface area contributed by atoms with E-state index in [1.807, 2.05) is 0 Å². The number of nitrogens with zero attached hydrogens (tertiary/aromatic N) is 1. The summed E-state index contributed by atoms with van der Waals surface area (Å²) >= 11 is 13.1. The highest BCUT2D eigenvalue weighted by atomic mass is 35.5. The van der Waals surface area contributed by atoms with E-state index in [4.69, 9.17) is 23.2 Å². The molecule has 0 aliphatic carbocycles. The maximum atomic E-state index is 11.8. The van der Waals surface area contributed by atoms with Crippen molar-refractivity contribution < 1.29 is 9.59 Å². The molecule has 0 saturated carbocycles. The highest BCUT2D eigenvalue weighted by Crippen LogP contribution is 2.22. The zero-order valence-corrected chi connectivity index (χ0v) is 12.1. The molecule has 0 fully saturated rings. The zero-order valence-electron chi connectivity index (χ0n) is 9.73. The van der Waals surface area contributed by atoms with Gasteiger partial charge in [-0.25, -0.2) is 0 Å². The molecule has 0 bridgehead atoms. The van der Waals surface area contributed by atoms with Gasteiger partial charge in [-0.3, -0.25) is 9.59 Å². The topological polar surface area (TPSA) is 49.4 Å². The first-order valence-electron chi connectivity index (χ1n) is 5.38. The predicted octanol–water partition coefficient (Wildman–Crippen LogP) is 2.98. The van der Waals surface area contributed by atoms with Gasteiger partial charge in [-0.1, -0.05) is 23.2 Å². The molecule has 1 aromatic carbocycles. The molecule has 0 aromatic heterocycles. The Balaban J connectivity index is 1.99. The second-order valence-corrected chi connectivity index (χ2v) is 5.59. The van der Waals surface area contributed by atoms with Crippen LogP contribution in [0.4, 0.5) is 5.69 Å². The summed E-state index contributed by atoms with van der Waals surface area (Å²) in [5.41, 5.74) is 0.505. The largest absolute Gasteiger partial charge is 0.324 e. The van der Waals surface area contributed by atoms with Crippen LogP contribution in [0.1, 0.15) is 0 Å². The molecule has 4 nitrogen and oxygen atoms in total. The van der Waals surface area contributed by atoms with E-state index >= 15 is 0 Å². The van der Waals surface area contributed by atoms with Crippen LogP contribution >= 0.6 is 35.0 Å². The number of carbonyl (C=O) groups excluding carboxylic acids is 2. The van der Waals surface area contributed by atoms with Gasteiger partial charge in [-0.15, -0.1) is 11.8 Å². The van der Waals surface area contributed by atoms with Crippen LogP contribution < -0.4 is 5.32 Å². The van der Waals surface area contributed by atoms with Crippen LogP contribution in [0.25, 0.3) is 0 Å². The van der Waals surface area contributed by atoms with E-state index in [0.29, 0.717) is 21.5 Å². The molecule has 100 valence electrons. The number of benzene rings is 1. The third-order valence-electron chi connectivity index (χ3n) is 2.32. The summed E-state index contributed by atoms with van der Waals surface area (Å²) in [7, 11) is 0. The number of anilines is 1. The molecule has 1 aliphatic heterocycles. The molecule has 2 rings (SSSR count). The van der Waals surface area contributed by atoms with Gasteiger partial charge in [0.15, 0.2) is 0 Å². The lowest BCUT2D eigenvalue weighted by atomic mass is 10.3. The van der Waals surface area contributed by atoms with Crippen LogP contribution in [0.5, 0.6) is 0 Å². The Kier molecular flexibility index (Phi) is 4.74. The average molecular weight is 317 g/mol. The number of nitrogens with one attached hydrogen (secondary N) is 1. The first-order chi connectivity index (χ1) is 9.04. The van der Waals surface area contributed by atoms with Crippen molar-refractivity contribution >= 4 is 52.5 Å². The van der Waals surface area contributed by atoms with Crippen LogP contribution in [0.3, 0.4) is 0 Å². The van der Waals surface area contributed by atoms with Gasteiger partial charge in [-0.2, -0.15) is 0 Å². The van der Waals surface area contributed by atoms with Crippen LogP contribution in [0.2, 0.25) is 10.0 Å². The van der Waals surface area contributed by atoms with E-state index in [2.05, 4.69) is 5.32 Å². The lowest BCUT2D eigenvalue weighted by Crippen LogP contribution is -2.36. The average Bonchev–Trinajstić information content (AvgIpc) is 2.30. The van der Waals surface area contributed by atoms with Crippen molar-refractivity contribution in [3.05, 3.63) is 39.9 Å². The van der Waals surface area contributed by atoms with Crippen molar-refractivity contribution in [3.63, 3.8) is 0 Å². The Morgan fingerprint density at radius 2 is 2.00 bits per heavy atom. The highest BCUT2D eigenvalue weighted by molar-refractivity contribution is 8.02. The van der Waals surface area contributed by atoms with E-state index in [1.54, 1.807) is 29.8 Å². The van der Waals surface area contributed by atoms with Gasteiger partial charge in [0.25, 0.3) is 0 Å². The normalized spacial score (nSPS) is 14.6. The number of halogens is 2. The monoisotopic (exact) mass is 316 g/mol. The number of amides is 2. The molecular weight excluding hydrogens is 307 g/mol. The van der Waals surface area contributed by atoms with Crippen LogP contribution in [0.15, 0.2) is 29.8 Å². The maximum absolute atomic E-state index is 11.8. The van der Waals surface area contributed by atoms with E-state index in [1.165, 1.54) is 16.7 Å². The van der Waals surface area contributed by atoms with Crippen molar-refractivity contribution in [2.45, 2.75) is 0 Å². The smallest absolute Gasteiger partial charge is 0.244 e. The zero-order chi connectivity index (χ0) is 13.8. The molecule has 19 heavy (non-hydrogen) atoms. The summed E-state index contributed by atoms with van der Waals surface area (Å²) in [4.78, 5) is 24.7. The Hall–Kier alpha value is -1.17. The molecule has 0 unspecified atom stereocenters. The van der Waals surface area contributed by atoms with Crippen molar-refractivity contribution in [2.24, 2.45) is 0 Å². The van der Waals surface area contributed by atoms with Gasteiger partial charge >= 0.3 is 0 Å². The Morgan fingerprint density at radius 3 is 2.63 bits per heavy atom. The standard InChI is InChI=1S/C12H10Cl2N2O2S/c13-8-3-9(14)5-10(4-8)15-11(17)6-16-1-2-19-7-12(16)18/h1-5H,6-7H2,(H,15,17). The van der Waals surface area contributed by atoms with E-state index in [0.717, 1.165) is 0 Å². The minimum Gasteiger partial charge on any atom is -0.324 e. The summed E-state index contributed by atoms with van der Waals surface area (Å²) in [5, 5.41) is 5.31. The first kappa shape index (κ1) is 14.2. The predicted molar refractivity (Wildman–Crippen MR) is 78.4 cm³/mol. The number of carbonyl (C=O) groups is 2. The molecule has 1 aliphatic rings. The van der Waals surface area contributed by atoms with Crippen LogP contribution in [0, 0.1) is 0 Å². The van der Waals surface area contributed by atoms with Crippen molar-refractivity contribution in [2.75, 3.05) is 17.6 Å². The second kappa shape index (κ2) is 6.32. The minimum absolute atomic E-state index is 0.0278. The molecule has 0 spiro atoms. The quantitative estimate of drug-likeness (QED) is 0.932. The van der Waals surface area contributed by atoms with Crippen molar-refractivity contribution in [1.82, 2.24) is 4.90 Å². The Bertz CT molecular complexity index is 528. The summed E-state index contributed by atoms with van der Waals surface area (Å²) < 4.78 is 0. The number of hydrogen-bond acceptors (Lipinski definition) is 3. The van der Waals surface area contributed by atoms with E-state index in [-0.39, 0.29) is 18.4 Å². The number of thioether (sulfide) groups is 1. The Labute approximate surface area is 124 Å². The van der Waals surface area contributed by atoms with Gasteiger partial charge in [0.1, 0.15) is 6.54 Å². The number of hydrogen-bond donors (Lipinski definition) is 1. The maximum Gasteiger partial charge on any atom is 0.244 e. The summed E-state index contributed by atoms with van der Waals surface area (Å²) in [6.45, 7) is -0.0278. The van der Waals surface area contributed by atoms with Gasteiger partial charge in [0.05, 0.1) is 5.75 Å². The van der Waals surface area contributed by atoms with Gasteiger partial charge < -0.3 is 10.2 Å². The fourth-order valence-corrected chi connectivity index (χ4v) is 2.69. The molecule has 0 atom stereocenters. The third kappa shape index (κ3) is 4.16. The van der Waals surface area contributed by atoms with Crippen molar-refractivity contribution in [1.29, 1.82) is 0 Å². The molecule has 1 N–H and O–H groups in total. The molecule has 2 amide bonds. The molecule has 1 heterocycles. The van der Waals surface area contributed by atoms with Crippen LogP contribution in [-0.4, -0.2) is 29.0 Å². The van der Waals surface area contributed by atoms with Gasteiger partial charge in [-0.05, 0) is 23.6 Å². The summed E-state index contributed by atoms with van der Waals surface area (Å²) in [5.74, 6) is -0.0396. The Morgan fingerprint density at radius 1 is 1.32 bits per heavy atom. The van der Waals surface area contributed by atoms with Gasteiger partial charge in [0.2, 0.25) is 11.8 Å². The minimum atomic E-state index is -0.303.